The number of amides is 2. The minimum Gasteiger partial charge on any atom is -0.387 e. The van der Waals surface area contributed by atoms with Gasteiger partial charge in [-0.3, -0.25) is 14.2 Å². The van der Waals surface area contributed by atoms with Gasteiger partial charge < -0.3 is 31.3 Å². The molecule has 4 rings (SSSR count). The lowest BCUT2D eigenvalue weighted by Gasteiger charge is -2.26. The Balaban J connectivity index is 1.47. The molecule has 36 heavy (non-hydrogen) atoms. The summed E-state index contributed by atoms with van der Waals surface area (Å²) in [6.45, 7) is 4.68. The van der Waals surface area contributed by atoms with E-state index in [0.717, 1.165) is 25.7 Å². The highest BCUT2D eigenvalue weighted by atomic mass is 16.6. The molecule has 0 spiro atoms. The lowest BCUT2D eigenvalue weighted by molar-refractivity contribution is -0.137. The number of fused-ring (bicyclic) bond motifs is 1. The highest BCUT2D eigenvalue weighted by Gasteiger charge is 2.47. The second-order valence-electron chi connectivity index (χ2n) is 9.20. The molecular formula is C24H33N7O5. The molecule has 1 saturated carbocycles. The molecule has 2 aromatic heterocycles. The van der Waals surface area contributed by atoms with Crippen LogP contribution < -0.4 is 16.4 Å². The maximum Gasteiger partial charge on any atom is 0.252 e. The molecule has 1 saturated heterocycles. The molecule has 2 fully saturated rings. The Kier molecular flexibility index (Phi) is 8.03. The minimum atomic E-state index is -1.42. The number of rotatable bonds is 6. The second kappa shape index (κ2) is 11.2. The van der Waals surface area contributed by atoms with Gasteiger partial charge in [-0.25, -0.2) is 15.0 Å². The van der Waals surface area contributed by atoms with Crippen molar-refractivity contribution in [3.8, 4) is 11.8 Å². The first-order chi connectivity index (χ1) is 17.3. The quantitative estimate of drug-likeness (QED) is 0.338. The first kappa shape index (κ1) is 25.8. The number of aromatic nitrogens is 4. The van der Waals surface area contributed by atoms with Crippen molar-refractivity contribution in [3.63, 3.8) is 0 Å². The second-order valence-corrected chi connectivity index (χ2v) is 9.20. The highest BCUT2D eigenvalue weighted by Crippen LogP contribution is 2.33. The van der Waals surface area contributed by atoms with E-state index in [1.54, 1.807) is 6.92 Å². The Hall–Kier alpha value is -3.27. The topological polar surface area (TPSA) is 178 Å². The lowest BCUT2D eigenvalue weighted by Crippen LogP contribution is -2.42. The number of carbonyl (C=O) groups is 2. The summed E-state index contributed by atoms with van der Waals surface area (Å²) in [6, 6.07) is 0. The number of aliphatic hydroxyl groups is 2. The maximum absolute atomic E-state index is 12.2. The van der Waals surface area contributed by atoms with E-state index in [2.05, 4.69) is 37.4 Å². The van der Waals surface area contributed by atoms with Gasteiger partial charge in [0.25, 0.3) is 5.91 Å². The van der Waals surface area contributed by atoms with Crippen molar-refractivity contribution in [1.82, 2.24) is 30.2 Å². The van der Waals surface area contributed by atoms with Crippen LogP contribution in [0.4, 0.5) is 5.82 Å². The molecule has 194 valence electrons. The summed E-state index contributed by atoms with van der Waals surface area (Å²) in [5.41, 5.74) is 6.66. The molecule has 2 unspecified atom stereocenters. The van der Waals surface area contributed by atoms with Crippen LogP contribution in [0.2, 0.25) is 0 Å². The predicted molar refractivity (Wildman–Crippen MR) is 130 cm³/mol. The third-order valence-electron chi connectivity index (χ3n) is 6.73. The molecule has 12 nitrogen and oxygen atoms in total. The van der Waals surface area contributed by atoms with Gasteiger partial charge in [0, 0.05) is 25.4 Å². The van der Waals surface area contributed by atoms with Crippen LogP contribution >= 0.6 is 0 Å². The fraction of sp³-hybridized carbons (Fsp3) is 0.625. The first-order valence-electron chi connectivity index (χ1n) is 12.4. The normalized spacial score (nSPS) is 27.9. The Morgan fingerprint density at radius 1 is 1.11 bits per heavy atom. The highest BCUT2D eigenvalue weighted by molar-refractivity contribution is 5.83. The zero-order valence-corrected chi connectivity index (χ0v) is 20.5. The molecule has 2 amide bonds. The van der Waals surface area contributed by atoms with Gasteiger partial charge in [-0.1, -0.05) is 5.92 Å². The number of anilines is 1. The average molecular weight is 500 g/mol. The van der Waals surface area contributed by atoms with E-state index in [4.69, 9.17) is 10.5 Å². The van der Waals surface area contributed by atoms with Crippen LogP contribution in [-0.4, -0.2) is 72.9 Å². The number of nitrogen functional groups attached to an aromatic ring is 1. The fourth-order valence-corrected chi connectivity index (χ4v) is 4.78. The molecule has 0 radical (unpaired) electrons. The molecule has 0 bridgehead atoms. The van der Waals surface area contributed by atoms with Crippen molar-refractivity contribution >= 4 is 28.8 Å². The van der Waals surface area contributed by atoms with Crippen molar-refractivity contribution in [2.75, 3.05) is 18.8 Å². The van der Waals surface area contributed by atoms with Gasteiger partial charge in [-0.05, 0) is 51.4 Å². The first-order valence-corrected chi connectivity index (χ1v) is 12.4. The summed E-state index contributed by atoms with van der Waals surface area (Å²) >= 11 is 0. The third kappa shape index (κ3) is 5.28. The molecule has 3 heterocycles. The molecule has 1 aliphatic heterocycles. The fourth-order valence-electron chi connectivity index (χ4n) is 4.78. The number of hydrogen-bond donors (Lipinski definition) is 5. The summed E-state index contributed by atoms with van der Waals surface area (Å²) in [4.78, 5) is 37.1. The average Bonchev–Trinajstić information content (AvgIpc) is 3.41. The summed E-state index contributed by atoms with van der Waals surface area (Å²) in [5, 5.41) is 26.4. The number of nitrogens with one attached hydrogen (secondary N) is 2. The van der Waals surface area contributed by atoms with Gasteiger partial charge >= 0.3 is 0 Å². The van der Waals surface area contributed by atoms with Gasteiger partial charge in [-0.2, -0.15) is 0 Å². The number of nitrogens with zero attached hydrogens (tertiary/aromatic N) is 4. The number of likely N-dealkylation sites (N-methyl/N-ethyl adjacent to an activating group) is 1. The molecule has 4 atom stereocenters. The molecule has 1 aliphatic carbocycles. The summed E-state index contributed by atoms with van der Waals surface area (Å²) in [5.74, 6) is 6.53. The molecule has 2 aliphatic rings. The van der Waals surface area contributed by atoms with Crippen LogP contribution in [0.25, 0.3) is 11.2 Å². The molecule has 2 aromatic rings. The predicted octanol–water partition coefficient (Wildman–Crippen LogP) is -0.152. The zero-order valence-electron chi connectivity index (χ0n) is 20.5. The van der Waals surface area contributed by atoms with Crippen LogP contribution in [0.5, 0.6) is 0 Å². The Bertz CT molecular complexity index is 1160. The van der Waals surface area contributed by atoms with Gasteiger partial charge in [0.05, 0.1) is 6.33 Å². The number of imidazole rings is 1. The Labute approximate surface area is 209 Å². The molecular weight excluding hydrogens is 466 g/mol. The van der Waals surface area contributed by atoms with Crippen LogP contribution in [-0.2, 0) is 14.3 Å². The number of hydrogen-bond acceptors (Lipinski definition) is 9. The minimum absolute atomic E-state index is 0.0827. The van der Waals surface area contributed by atoms with E-state index in [9.17, 15) is 19.8 Å². The molecule has 6 N–H and O–H groups in total. The zero-order chi connectivity index (χ0) is 25.8. The summed E-state index contributed by atoms with van der Waals surface area (Å²) in [7, 11) is 0. The van der Waals surface area contributed by atoms with Crippen LogP contribution in [0.15, 0.2) is 6.33 Å². The summed E-state index contributed by atoms with van der Waals surface area (Å²) in [6.07, 6.45) is 0.523. The van der Waals surface area contributed by atoms with E-state index in [1.807, 2.05) is 6.92 Å². The van der Waals surface area contributed by atoms with Crippen LogP contribution in [0.3, 0.4) is 0 Å². The summed E-state index contributed by atoms with van der Waals surface area (Å²) < 4.78 is 7.10. The monoisotopic (exact) mass is 499 g/mol. The number of nitrogens with two attached hydrogens (primary N) is 1. The van der Waals surface area contributed by atoms with Crippen molar-refractivity contribution in [1.29, 1.82) is 0 Å². The molecule has 0 aromatic carbocycles. The van der Waals surface area contributed by atoms with E-state index < -0.39 is 30.4 Å². The molecule has 12 heteroatoms. The number of carbonyl (C=O) groups excluding carboxylic acids is 2. The van der Waals surface area contributed by atoms with Gasteiger partial charge in [0.15, 0.2) is 23.8 Å². The smallest absolute Gasteiger partial charge is 0.252 e. The van der Waals surface area contributed by atoms with Gasteiger partial charge in [0.1, 0.15) is 17.7 Å². The van der Waals surface area contributed by atoms with Crippen molar-refractivity contribution in [2.45, 2.75) is 70.5 Å². The standard InChI is InChI=1S/C24H33N7O5/c1-3-26-22(34)14-10-8-13(9-11-14)6-5-7-15-29-20(25)16-21(30-15)31(12-28-16)24-18(33)17(32)19(36-24)23(35)27-4-2/h12-14,17-19,24,32-33H,3-4,6,8-11H2,1-2H3,(H,26,34)(H,27,35)(H2,25,29,30)/t13?,14?,17?,18?,19-,24+/m0/s1. The van der Waals surface area contributed by atoms with Gasteiger partial charge in [-0.15, -0.1) is 0 Å². The van der Waals surface area contributed by atoms with Crippen molar-refractivity contribution in [3.05, 3.63) is 12.2 Å². The largest absolute Gasteiger partial charge is 0.387 e. The van der Waals surface area contributed by atoms with Gasteiger partial charge in [0.2, 0.25) is 11.7 Å². The van der Waals surface area contributed by atoms with E-state index in [-0.39, 0.29) is 29.1 Å². The SMILES string of the molecule is CCNC(=O)C1CCC(CC#Cc2nc(N)c3ncn([C@@H]4O[C@H](C(=O)NCC)C(O)C4O)c3n2)CC1. The van der Waals surface area contributed by atoms with E-state index in [1.165, 1.54) is 10.9 Å². The van der Waals surface area contributed by atoms with E-state index >= 15 is 0 Å². The Morgan fingerprint density at radius 2 is 1.81 bits per heavy atom. The van der Waals surface area contributed by atoms with Crippen molar-refractivity contribution in [2.24, 2.45) is 11.8 Å². The lowest BCUT2D eigenvalue weighted by atomic mass is 9.80. The Morgan fingerprint density at radius 3 is 2.50 bits per heavy atom. The van der Waals surface area contributed by atoms with Crippen LogP contribution in [0, 0.1) is 23.7 Å². The number of aliphatic hydroxyl groups excluding tert-OH is 2. The van der Waals surface area contributed by atoms with Crippen molar-refractivity contribution < 1.29 is 24.5 Å². The van der Waals surface area contributed by atoms with Crippen LogP contribution in [0.1, 0.15) is 58.0 Å². The third-order valence-corrected chi connectivity index (χ3v) is 6.73. The number of ether oxygens (including phenoxy) is 1. The van der Waals surface area contributed by atoms with E-state index in [0.29, 0.717) is 30.9 Å². The maximum atomic E-state index is 12.2.